The van der Waals surface area contributed by atoms with Crippen LogP contribution in [0, 0.1) is 0 Å². The molecule has 0 saturated carbocycles. The molecule has 0 unspecified atom stereocenters. The molecule has 0 bridgehead atoms. The lowest BCUT2D eigenvalue weighted by atomic mass is 10.3. The molecule has 0 aliphatic carbocycles. The highest BCUT2D eigenvalue weighted by Gasteiger charge is 2.19. The molecule has 4 rings (SSSR count). The van der Waals surface area contributed by atoms with Crippen molar-refractivity contribution in [3.05, 3.63) is 69.1 Å². The van der Waals surface area contributed by atoms with Gasteiger partial charge in [-0.3, -0.25) is 9.69 Å². The number of aromatic nitrogens is 1. The Morgan fingerprint density at radius 1 is 1.14 bits per heavy atom. The van der Waals surface area contributed by atoms with Gasteiger partial charge in [0.05, 0.1) is 10.2 Å². The number of carbonyl (C=O) groups is 1. The van der Waals surface area contributed by atoms with Crippen molar-refractivity contribution in [2.24, 2.45) is 0 Å². The zero-order chi connectivity index (χ0) is 19.3. The smallest absolute Gasteiger partial charge is 0.252 e. The normalized spacial score (nSPS) is 11.5. The first-order valence-electron chi connectivity index (χ1n) is 8.73. The van der Waals surface area contributed by atoms with Crippen LogP contribution in [-0.2, 0) is 11.2 Å². The van der Waals surface area contributed by atoms with Gasteiger partial charge in [-0.1, -0.05) is 29.5 Å². The van der Waals surface area contributed by atoms with E-state index in [1.165, 1.54) is 4.88 Å². The molecule has 1 amide bonds. The maximum atomic E-state index is 13.0. The molecule has 3 aromatic heterocycles. The Hall–Kier alpha value is -1.93. The van der Waals surface area contributed by atoms with Crippen LogP contribution >= 0.6 is 45.8 Å². The van der Waals surface area contributed by atoms with Gasteiger partial charge >= 0.3 is 0 Å². The third-order valence-electron chi connectivity index (χ3n) is 4.18. The lowest BCUT2D eigenvalue weighted by molar-refractivity contribution is -0.114. The molecule has 0 fully saturated rings. The quantitative estimate of drug-likeness (QED) is 0.244. The van der Waals surface area contributed by atoms with Crippen molar-refractivity contribution in [1.82, 2.24) is 4.98 Å². The maximum Gasteiger partial charge on any atom is 0.252 e. The Labute approximate surface area is 180 Å². The number of fused-ring (bicyclic) bond motifs is 1. The van der Waals surface area contributed by atoms with E-state index in [4.69, 9.17) is 4.98 Å². The Balaban J connectivity index is 1.64. The number of para-hydroxylation sites is 1. The summed E-state index contributed by atoms with van der Waals surface area (Å²) in [7, 11) is 0. The minimum atomic E-state index is -0.0327. The van der Waals surface area contributed by atoms with Crippen LogP contribution in [0.25, 0.3) is 16.3 Å². The molecule has 1 aromatic carbocycles. The fourth-order valence-electron chi connectivity index (χ4n) is 2.80. The van der Waals surface area contributed by atoms with Gasteiger partial charge in [-0.2, -0.15) is 0 Å². The second kappa shape index (κ2) is 9.05. The first-order chi connectivity index (χ1) is 13.7. The number of nitrogens with zero attached hydrogens (tertiary/aromatic N) is 2. The molecule has 7 heteroatoms. The number of thiazole rings is 1. The molecule has 142 valence electrons. The van der Waals surface area contributed by atoms with Crippen LogP contribution < -0.4 is 4.90 Å². The van der Waals surface area contributed by atoms with E-state index in [2.05, 4.69) is 29.8 Å². The van der Waals surface area contributed by atoms with Crippen molar-refractivity contribution in [3.8, 4) is 0 Å². The molecular formula is C21H18N2OS4. The molecule has 0 spiro atoms. The largest absolute Gasteiger partial charge is 0.284 e. The fraction of sp³-hybridized carbons (Fsp3) is 0.143. The molecule has 0 N–H and O–H groups in total. The maximum absolute atomic E-state index is 13.0. The van der Waals surface area contributed by atoms with Gasteiger partial charge in [0.15, 0.2) is 5.13 Å². The fourth-order valence-corrected chi connectivity index (χ4v) is 5.77. The SMILES string of the molecule is CSc1cccc2sc(N(CCc3cccs3)C(=O)C=Cc3cccs3)nc12. The molecule has 0 atom stereocenters. The zero-order valence-corrected chi connectivity index (χ0v) is 18.5. The van der Waals surface area contributed by atoms with Crippen molar-refractivity contribution in [2.75, 3.05) is 17.7 Å². The van der Waals surface area contributed by atoms with E-state index in [-0.39, 0.29) is 5.91 Å². The van der Waals surface area contributed by atoms with Crippen molar-refractivity contribution >= 4 is 73.1 Å². The Morgan fingerprint density at radius 3 is 2.75 bits per heavy atom. The van der Waals surface area contributed by atoms with Crippen LogP contribution in [0.5, 0.6) is 0 Å². The van der Waals surface area contributed by atoms with Crippen molar-refractivity contribution in [2.45, 2.75) is 11.3 Å². The summed E-state index contributed by atoms with van der Waals surface area (Å²) < 4.78 is 1.11. The summed E-state index contributed by atoms with van der Waals surface area (Å²) >= 11 is 6.60. The predicted molar refractivity (Wildman–Crippen MR) is 125 cm³/mol. The van der Waals surface area contributed by atoms with Crippen LogP contribution in [0.1, 0.15) is 9.75 Å². The average Bonchev–Trinajstić information content (AvgIpc) is 3.47. The number of rotatable bonds is 7. The molecule has 0 aliphatic rings. The number of benzene rings is 1. The molecule has 0 radical (unpaired) electrons. The third kappa shape index (κ3) is 4.38. The molecule has 28 heavy (non-hydrogen) atoms. The van der Waals surface area contributed by atoms with Crippen molar-refractivity contribution in [3.63, 3.8) is 0 Å². The summed E-state index contributed by atoms with van der Waals surface area (Å²) in [6, 6.07) is 14.3. The summed E-state index contributed by atoms with van der Waals surface area (Å²) in [5.41, 5.74) is 0.978. The van der Waals surface area contributed by atoms with Crippen LogP contribution in [0.4, 0.5) is 5.13 Å². The summed E-state index contributed by atoms with van der Waals surface area (Å²) in [4.78, 5) is 23.1. The second-order valence-electron chi connectivity index (χ2n) is 5.97. The Bertz CT molecular complexity index is 1080. The number of anilines is 1. The summed E-state index contributed by atoms with van der Waals surface area (Å²) in [6.45, 7) is 0.614. The van der Waals surface area contributed by atoms with Crippen LogP contribution in [-0.4, -0.2) is 23.7 Å². The molecule has 3 heterocycles. The number of hydrogen-bond acceptors (Lipinski definition) is 6. The van der Waals surface area contributed by atoms with Gasteiger partial charge in [0.2, 0.25) is 0 Å². The number of amides is 1. The van der Waals surface area contributed by atoms with E-state index in [9.17, 15) is 4.79 Å². The highest BCUT2D eigenvalue weighted by atomic mass is 32.2. The van der Waals surface area contributed by atoms with E-state index in [1.807, 2.05) is 35.7 Å². The Kier molecular flexibility index (Phi) is 6.26. The molecule has 3 nitrogen and oxygen atoms in total. The first-order valence-corrected chi connectivity index (χ1v) is 12.5. The van der Waals surface area contributed by atoms with Crippen LogP contribution in [0.2, 0.25) is 0 Å². The van der Waals surface area contributed by atoms with E-state index in [0.717, 1.165) is 31.5 Å². The molecular weight excluding hydrogens is 425 g/mol. The van der Waals surface area contributed by atoms with Gasteiger partial charge in [-0.25, -0.2) is 4.98 Å². The van der Waals surface area contributed by atoms with Gasteiger partial charge in [0.1, 0.15) is 0 Å². The number of carbonyl (C=O) groups excluding carboxylic acids is 1. The van der Waals surface area contributed by atoms with E-state index in [1.54, 1.807) is 56.7 Å². The second-order valence-corrected chi connectivity index (χ2v) is 9.84. The standard InChI is InChI=1S/C21H18N2OS4/c1-25-17-7-2-8-18-20(17)22-21(28-18)23(12-11-16-6-4-14-27-16)19(24)10-9-15-5-3-13-26-15/h2-10,13-14H,11-12H2,1H3. The highest BCUT2D eigenvalue weighted by molar-refractivity contribution is 7.98. The molecule has 0 aliphatic heterocycles. The molecule has 4 aromatic rings. The van der Waals surface area contributed by atoms with Gasteiger partial charge in [-0.05, 0) is 53.8 Å². The van der Waals surface area contributed by atoms with E-state index >= 15 is 0 Å². The summed E-state index contributed by atoms with van der Waals surface area (Å²) in [5, 5.41) is 4.84. The van der Waals surface area contributed by atoms with Gasteiger partial charge in [-0.15, -0.1) is 34.4 Å². The molecule has 0 saturated heterocycles. The Morgan fingerprint density at radius 2 is 2.00 bits per heavy atom. The number of thiophene rings is 2. The van der Waals surface area contributed by atoms with Crippen LogP contribution in [0.15, 0.2) is 64.2 Å². The third-order valence-corrected chi connectivity index (χ3v) is 7.77. The highest BCUT2D eigenvalue weighted by Crippen LogP contribution is 2.34. The average molecular weight is 443 g/mol. The summed E-state index contributed by atoms with van der Waals surface area (Å²) in [6.07, 6.45) is 6.41. The monoisotopic (exact) mass is 442 g/mol. The van der Waals surface area contributed by atoms with Gasteiger partial charge < -0.3 is 0 Å². The lowest BCUT2D eigenvalue weighted by Crippen LogP contribution is -2.31. The van der Waals surface area contributed by atoms with E-state index in [0.29, 0.717) is 6.54 Å². The minimum Gasteiger partial charge on any atom is -0.284 e. The van der Waals surface area contributed by atoms with E-state index < -0.39 is 0 Å². The van der Waals surface area contributed by atoms with Gasteiger partial charge in [0.25, 0.3) is 5.91 Å². The number of hydrogen-bond donors (Lipinski definition) is 0. The van der Waals surface area contributed by atoms with Crippen molar-refractivity contribution in [1.29, 1.82) is 0 Å². The first kappa shape index (κ1) is 19.4. The summed E-state index contributed by atoms with van der Waals surface area (Å²) in [5.74, 6) is -0.0327. The minimum absolute atomic E-state index is 0.0327. The number of thioether (sulfide) groups is 1. The van der Waals surface area contributed by atoms with Crippen molar-refractivity contribution < 1.29 is 4.79 Å². The predicted octanol–water partition coefficient (Wildman–Crippen LogP) is 6.43. The lowest BCUT2D eigenvalue weighted by Gasteiger charge is -2.17. The zero-order valence-electron chi connectivity index (χ0n) is 15.2. The van der Waals surface area contributed by atoms with Crippen LogP contribution in [0.3, 0.4) is 0 Å². The topological polar surface area (TPSA) is 33.2 Å². The van der Waals surface area contributed by atoms with Gasteiger partial charge in [0, 0.05) is 27.3 Å².